The van der Waals surface area contributed by atoms with Crippen LogP contribution in [0.1, 0.15) is 41.8 Å². The number of benzene rings is 1. The predicted molar refractivity (Wildman–Crippen MR) is 91.1 cm³/mol. The minimum atomic E-state index is -0.142. The van der Waals surface area contributed by atoms with Gasteiger partial charge < -0.3 is 11.1 Å². The fraction of sp³-hybridized carbons (Fsp3) is 0.312. The van der Waals surface area contributed by atoms with Gasteiger partial charge in [-0.25, -0.2) is 0 Å². The van der Waals surface area contributed by atoms with Crippen LogP contribution in [0.2, 0.25) is 0 Å². The zero-order chi connectivity index (χ0) is 14.5. The van der Waals surface area contributed by atoms with E-state index in [2.05, 4.69) is 43.4 Å². The molecule has 3 nitrogen and oxygen atoms in total. The number of hydrogen-bond acceptors (Lipinski definition) is 3. The van der Waals surface area contributed by atoms with Crippen molar-refractivity contribution >= 4 is 29.7 Å². The third-order valence-electron chi connectivity index (χ3n) is 3.25. The summed E-state index contributed by atoms with van der Waals surface area (Å²) < 4.78 is 0. The SMILES string of the molecule is CC(C)c1ccc(C(NC(=O)CN)c2cccs2)cc1.Cl. The highest BCUT2D eigenvalue weighted by atomic mass is 35.5. The fourth-order valence-electron chi connectivity index (χ4n) is 2.07. The summed E-state index contributed by atoms with van der Waals surface area (Å²) in [7, 11) is 0. The molecule has 0 bridgehead atoms. The van der Waals surface area contributed by atoms with E-state index in [1.165, 1.54) is 5.56 Å². The second kappa shape index (κ2) is 8.17. The molecule has 0 radical (unpaired) electrons. The lowest BCUT2D eigenvalue weighted by Gasteiger charge is -2.18. The van der Waals surface area contributed by atoms with Crippen LogP contribution in [0.15, 0.2) is 41.8 Å². The van der Waals surface area contributed by atoms with Gasteiger partial charge in [-0.1, -0.05) is 44.2 Å². The van der Waals surface area contributed by atoms with Crippen LogP contribution in [0.5, 0.6) is 0 Å². The van der Waals surface area contributed by atoms with Crippen LogP contribution in [0.25, 0.3) is 0 Å². The Kier molecular flexibility index (Phi) is 6.89. The Hall–Kier alpha value is -1.36. The van der Waals surface area contributed by atoms with E-state index in [1.807, 2.05) is 17.5 Å². The second-order valence-electron chi connectivity index (χ2n) is 5.04. The zero-order valence-corrected chi connectivity index (χ0v) is 13.8. The number of halogens is 1. The van der Waals surface area contributed by atoms with Crippen molar-refractivity contribution in [3.8, 4) is 0 Å². The van der Waals surface area contributed by atoms with Crippen LogP contribution in [0.3, 0.4) is 0 Å². The summed E-state index contributed by atoms with van der Waals surface area (Å²) in [5, 5.41) is 4.99. The molecule has 1 aromatic carbocycles. The van der Waals surface area contributed by atoms with E-state index >= 15 is 0 Å². The van der Waals surface area contributed by atoms with Crippen LogP contribution in [-0.4, -0.2) is 12.5 Å². The molecule has 5 heteroatoms. The van der Waals surface area contributed by atoms with Crippen LogP contribution >= 0.6 is 23.7 Å². The van der Waals surface area contributed by atoms with Gasteiger partial charge in [-0.15, -0.1) is 23.7 Å². The maximum absolute atomic E-state index is 11.6. The molecule has 1 atom stereocenters. The van der Waals surface area contributed by atoms with Crippen molar-refractivity contribution in [2.45, 2.75) is 25.8 Å². The van der Waals surface area contributed by atoms with Gasteiger partial charge in [0.15, 0.2) is 0 Å². The summed E-state index contributed by atoms with van der Waals surface area (Å²) in [6.07, 6.45) is 0. The highest BCUT2D eigenvalue weighted by molar-refractivity contribution is 7.10. The fourth-order valence-corrected chi connectivity index (χ4v) is 2.87. The lowest BCUT2D eigenvalue weighted by molar-refractivity contribution is -0.120. The van der Waals surface area contributed by atoms with Gasteiger partial charge in [0.1, 0.15) is 0 Å². The van der Waals surface area contributed by atoms with Gasteiger partial charge in [0.2, 0.25) is 5.91 Å². The number of hydrogen-bond donors (Lipinski definition) is 2. The van der Waals surface area contributed by atoms with Gasteiger partial charge in [0.25, 0.3) is 0 Å². The monoisotopic (exact) mass is 324 g/mol. The molecule has 0 saturated carbocycles. The molecule has 1 heterocycles. The zero-order valence-electron chi connectivity index (χ0n) is 12.2. The molecule has 0 aliphatic rings. The molecule has 1 aromatic heterocycles. The quantitative estimate of drug-likeness (QED) is 0.885. The van der Waals surface area contributed by atoms with Crippen molar-refractivity contribution in [3.63, 3.8) is 0 Å². The molecular formula is C16H21ClN2OS. The van der Waals surface area contributed by atoms with Gasteiger partial charge in [-0.3, -0.25) is 4.79 Å². The lowest BCUT2D eigenvalue weighted by Crippen LogP contribution is -2.33. The van der Waals surface area contributed by atoms with Crippen molar-refractivity contribution in [1.82, 2.24) is 5.32 Å². The maximum atomic E-state index is 11.6. The number of amides is 1. The molecule has 0 aliphatic carbocycles. The molecule has 3 N–H and O–H groups in total. The van der Waals surface area contributed by atoms with Gasteiger partial charge in [0.05, 0.1) is 12.6 Å². The number of carbonyl (C=O) groups excluding carboxylic acids is 1. The van der Waals surface area contributed by atoms with Crippen LogP contribution in [0, 0.1) is 0 Å². The van der Waals surface area contributed by atoms with E-state index in [0.717, 1.165) is 10.4 Å². The molecule has 0 fully saturated rings. The minimum Gasteiger partial charge on any atom is -0.343 e. The van der Waals surface area contributed by atoms with Crippen molar-refractivity contribution in [1.29, 1.82) is 0 Å². The largest absolute Gasteiger partial charge is 0.343 e. The summed E-state index contributed by atoms with van der Waals surface area (Å²) in [4.78, 5) is 12.7. The predicted octanol–water partition coefficient (Wildman–Crippen LogP) is 3.46. The average Bonchev–Trinajstić information content (AvgIpc) is 2.98. The highest BCUT2D eigenvalue weighted by Gasteiger charge is 2.17. The Morgan fingerprint density at radius 2 is 1.81 bits per heavy atom. The number of thiophene rings is 1. The van der Waals surface area contributed by atoms with Gasteiger partial charge >= 0.3 is 0 Å². The second-order valence-corrected chi connectivity index (χ2v) is 6.02. The lowest BCUT2D eigenvalue weighted by atomic mass is 9.98. The molecule has 114 valence electrons. The van der Waals surface area contributed by atoms with Crippen LogP contribution in [0.4, 0.5) is 0 Å². The van der Waals surface area contributed by atoms with Crippen molar-refractivity contribution in [2.24, 2.45) is 5.73 Å². The van der Waals surface area contributed by atoms with Crippen molar-refractivity contribution in [3.05, 3.63) is 57.8 Å². The van der Waals surface area contributed by atoms with E-state index in [0.29, 0.717) is 5.92 Å². The topological polar surface area (TPSA) is 55.1 Å². The normalized spacial score (nSPS) is 11.8. The first-order chi connectivity index (χ1) is 9.61. The van der Waals surface area contributed by atoms with Crippen LogP contribution < -0.4 is 11.1 Å². The molecule has 2 aromatic rings. The first-order valence-electron chi connectivity index (χ1n) is 6.74. The van der Waals surface area contributed by atoms with Crippen LogP contribution in [-0.2, 0) is 4.79 Å². The Labute approximate surface area is 136 Å². The summed E-state index contributed by atoms with van der Waals surface area (Å²) >= 11 is 1.63. The Balaban J connectivity index is 0.00000220. The molecule has 2 rings (SSSR count). The van der Waals surface area contributed by atoms with E-state index in [-0.39, 0.29) is 30.9 Å². The first kappa shape index (κ1) is 17.7. The number of carbonyl (C=O) groups is 1. The smallest absolute Gasteiger partial charge is 0.234 e. The molecule has 1 amide bonds. The molecule has 0 aliphatic heterocycles. The van der Waals surface area contributed by atoms with E-state index in [4.69, 9.17) is 5.73 Å². The third-order valence-corrected chi connectivity index (χ3v) is 4.19. The summed E-state index contributed by atoms with van der Waals surface area (Å²) in [6, 6.07) is 12.3. The van der Waals surface area contributed by atoms with E-state index < -0.39 is 0 Å². The molecule has 0 saturated heterocycles. The van der Waals surface area contributed by atoms with Crippen molar-refractivity contribution in [2.75, 3.05) is 6.54 Å². The van der Waals surface area contributed by atoms with Gasteiger partial charge in [0, 0.05) is 4.88 Å². The number of nitrogens with one attached hydrogen (secondary N) is 1. The molecule has 21 heavy (non-hydrogen) atoms. The average molecular weight is 325 g/mol. The Morgan fingerprint density at radius 3 is 2.29 bits per heavy atom. The summed E-state index contributed by atoms with van der Waals surface area (Å²) in [5.41, 5.74) is 7.78. The molecule has 1 unspecified atom stereocenters. The van der Waals surface area contributed by atoms with Gasteiger partial charge in [-0.05, 0) is 28.5 Å². The third kappa shape index (κ3) is 4.56. The van der Waals surface area contributed by atoms with E-state index in [9.17, 15) is 4.79 Å². The highest BCUT2D eigenvalue weighted by Crippen LogP contribution is 2.27. The Morgan fingerprint density at radius 1 is 1.19 bits per heavy atom. The van der Waals surface area contributed by atoms with Crippen molar-refractivity contribution < 1.29 is 4.79 Å². The number of rotatable bonds is 5. The minimum absolute atomic E-state index is 0. The summed E-state index contributed by atoms with van der Waals surface area (Å²) in [6.45, 7) is 4.34. The molecule has 0 spiro atoms. The van der Waals surface area contributed by atoms with E-state index in [1.54, 1.807) is 11.3 Å². The standard InChI is InChI=1S/C16H20N2OS.ClH/c1-11(2)12-5-7-13(8-6-12)16(18-15(19)10-17)14-4-3-9-20-14;/h3-9,11,16H,10,17H2,1-2H3,(H,18,19);1H. The maximum Gasteiger partial charge on any atom is 0.234 e. The summed E-state index contributed by atoms with van der Waals surface area (Å²) in [5.74, 6) is 0.360. The van der Waals surface area contributed by atoms with Gasteiger partial charge in [-0.2, -0.15) is 0 Å². The Bertz CT molecular complexity index is 552. The number of nitrogens with two attached hydrogens (primary N) is 1. The molecular weight excluding hydrogens is 304 g/mol. The first-order valence-corrected chi connectivity index (χ1v) is 7.62.